The fourth-order valence-corrected chi connectivity index (χ4v) is 4.32. The molecule has 0 radical (unpaired) electrons. The Hall–Kier alpha value is -1.81. The van der Waals surface area contributed by atoms with Crippen molar-refractivity contribution in [2.75, 3.05) is 26.2 Å². The van der Waals surface area contributed by atoms with E-state index in [2.05, 4.69) is 50.9 Å². The summed E-state index contributed by atoms with van der Waals surface area (Å²) in [7, 11) is 0. The maximum atomic E-state index is 12.6. The molecule has 0 spiro atoms. The van der Waals surface area contributed by atoms with E-state index in [-0.39, 0.29) is 0 Å². The van der Waals surface area contributed by atoms with Gasteiger partial charge in [0, 0.05) is 56.9 Å². The van der Waals surface area contributed by atoms with Crippen molar-refractivity contribution in [1.82, 2.24) is 14.4 Å². The monoisotopic (exact) mass is 325 g/mol. The van der Waals surface area contributed by atoms with Gasteiger partial charge in [0.1, 0.15) is 0 Å². The van der Waals surface area contributed by atoms with Crippen molar-refractivity contribution in [1.29, 1.82) is 0 Å². The molecule has 1 aromatic carbocycles. The third-order valence-corrected chi connectivity index (χ3v) is 5.75. The summed E-state index contributed by atoms with van der Waals surface area (Å²) in [5, 5.41) is 1.25. The zero-order valence-corrected chi connectivity index (χ0v) is 14.4. The van der Waals surface area contributed by atoms with Crippen molar-refractivity contribution >= 4 is 16.8 Å². The Labute approximate surface area is 144 Å². The molecule has 0 unspecified atom stereocenters. The molecular formula is C20H27N3O. The van der Waals surface area contributed by atoms with E-state index in [1.807, 2.05) is 0 Å². The van der Waals surface area contributed by atoms with Crippen LogP contribution in [-0.4, -0.2) is 52.5 Å². The number of amides is 1. The van der Waals surface area contributed by atoms with E-state index in [1.54, 1.807) is 0 Å². The first-order chi connectivity index (χ1) is 11.8. The van der Waals surface area contributed by atoms with Crippen LogP contribution in [0.2, 0.25) is 0 Å². The van der Waals surface area contributed by atoms with E-state index in [0.29, 0.717) is 12.3 Å². The molecule has 2 heterocycles. The molecule has 0 bridgehead atoms. The SMILES string of the molecule is O=C(CCn1ccc2ccccc21)N1CCN(C2CCCC2)CC1. The molecule has 2 fully saturated rings. The Balaban J connectivity index is 1.29. The lowest BCUT2D eigenvalue weighted by Crippen LogP contribution is -2.51. The summed E-state index contributed by atoms with van der Waals surface area (Å²) in [6.07, 6.45) is 8.17. The summed E-state index contributed by atoms with van der Waals surface area (Å²) in [5.41, 5.74) is 1.22. The van der Waals surface area contributed by atoms with Crippen molar-refractivity contribution in [3.8, 4) is 0 Å². The Morgan fingerprint density at radius 2 is 1.75 bits per heavy atom. The van der Waals surface area contributed by atoms with E-state index in [1.165, 1.54) is 36.6 Å². The van der Waals surface area contributed by atoms with Crippen LogP contribution in [0.1, 0.15) is 32.1 Å². The third-order valence-electron chi connectivity index (χ3n) is 5.75. The standard InChI is InChI=1S/C20H27N3O/c24-20(10-12-22-11-9-17-5-1-4-8-19(17)22)23-15-13-21(14-16-23)18-6-2-3-7-18/h1,4-5,8-9,11,18H,2-3,6-7,10,12-16H2. The quantitative estimate of drug-likeness (QED) is 0.864. The van der Waals surface area contributed by atoms with Crippen LogP contribution in [0.25, 0.3) is 10.9 Å². The summed E-state index contributed by atoms with van der Waals surface area (Å²) in [4.78, 5) is 17.2. The van der Waals surface area contributed by atoms with E-state index in [4.69, 9.17) is 0 Å². The van der Waals surface area contributed by atoms with Gasteiger partial charge in [-0.1, -0.05) is 31.0 Å². The van der Waals surface area contributed by atoms with E-state index in [0.717, 1.165) is 38.8 Å². The second kappa shape index (κ2) is 6.98. The molecule has 1 amide bonds. The third kappa shape index (κ3) is 3.20. The summed E-state index contributed by atoms with van der Waals surface area (Å²) >= 11 is 0. The number of hydrogen-bond donors (Lipinski definition) is 0. The van der Waals surface area contributed by atoms with Crippen LogP contribution in [0.4, 0.5) is 0 Å². The topological polar surface area (TPSA) is 28.5 Å². The molecule has 24 heavy (non-hydrogen) atoms. The number of piperazine rings is 1. The summed E-state index contributed by atoms with van der Waals surface area (Å²) in [6.45, 7) is 4.70. The Kier molecular flexibility index (Phi) is 4.56. The second-order valence-electron chi connectivity index (χ2n) is 7.17. The first-order valence-electron chi connectivity index (χ1n) is 9.37. The number of para-hydroxylation sites is 1. The molecule has 1 aliphatic carbocycles. The minimum absolute atomic E-state index is 0.304. The van der Waals surface area contributed by atoms with Gasteiger partial charge in [0.2, 0.25) is 5.91 Å². The second-order valence-corrected chi connectivity index (χ2v) is 7.17. The van der Waals surface area contributed by atoms with Gasteiger partial charge in [-0.05, 0) is 30.4 Å². The zero-order chi connectivity index (χ0) is 16.4. The van der Waals surface area contributed by atoms with Gasteiger partial charge < -0.3 is 9.47 Å². The molecule has 1 aromatic heterocycles. The summed E-state index contributed by atoms with van der Waals surface area (Å²) in [5.74, 6) is 0.304. The predicted molar refractivity (Wildman–Crippen MR) is 97.0 cm³/mol. The molecule has 1 saturated heterocycles. The molecule has 1 aliphatic heterocycles. The highest BCUT2D eigenvalue weighted by atomic mass is 16.2. The van der Waals surface area contributed by atoms with E-state index in [9.17, 15) is 4.79 Å². The van der Waals surface area contributed by atoms with Crippen LogP contribution in [0.5, 0.6) is 0 Å². The number of aryl methyl sites for hydroxylation is 1. The molecule has 0 N–H and O–H groups in total. The molecule has 1 saturated carbocycles. The van der Waals surface area contributed by atoms with Gasteiger partial charge in [0.15, 0.2) is 0 Å². The van der Waals surface area contributed by atoms with Crippen LogP contribution < -0.4 is 0 Å². The van der Waals surface area contributed by atoms with Crippen molar-refractivity contribution in [2.24, 2.45) is 0 Å². The van der Waals surface area contributed by atoms with Crippen molar-refractivity contribution in [3.05, 3.63) is 36.5 Å². The number of aromatic nitrogens is 1. The van der Waals surface area contributed by atoms with Gasteiger partial charge in [0.05, 0.1) is 0 Å². The molecule has 2 aliphatic rings. The Morgan fingerprint density at radius 1 is 1.00 bits per heavy atom. The van der Waals surface area contributed by atoms with Gasteiger partial charge in [-0.2, -0.15) is 0 Å². The zero-order valence-electron chi connectivity index (χ0n) is 14.4. The number of carbonyl (C=O) groups is 1. The average Bonchev–Trinajstić information content (AvgIpc) is 3.30. The summed E-state index contributed by atoms with van der Waals surface area (Å²) < 4.78 is 2.20. The molecule has 4 nitrogen and oxygen atoms in total. The average molecular weight is 325 g/mol. The number of benzene rings is 1. The van der Waals surface area contributed by atoms with Crippen LogP contribution >= 0.6 is 0 Å². The largest absolute Gasteiger partial charge is 0.347 e. The first kappa shape index (κ1) is 15.7. The van der Waals surface area contributed by atoms with Crippen LogP contribution in [-0.2, 0) is 11.3 Å². The van der Waals surface area contributed by atoms with Crippen molar-refractivity contribution in [2.45, 2.75) is 44.7 Å². The number of fused-ring (bicyclic) bond motifs is 1. The van der Waals surface area contributed by atoms with Crippen LogP contribution in [0.3, 0.4) is 0 Å². The minimum atomic E-state index is 0.304. The maximum Gasteiger partial charge on any atom is 0.224 e. The van der Waals surface area contributed by atoms with Gasteiger partial charge in [-0.3, -0.25) is 9.69 Å². The van der Waals surface area contributed by atoms with Gasteiger partial charge in [-0.15, -0.1) is 0 Å². The number of nitrogens with zero attached hydrogens (tertiary/aromatic N) is 3. The highest BCUT2D eigenvalue weighted by Crippen LogP contribution is 2.24. The molecule has 2 aromatic rings. The van der Waals surface area contributed by atoms with Gasteiger partial charge >= 0.3 is 0 Å². The van der Waals surface area contributed by atoms with Gasteiger partial charge in [-0.25, -0.2) is 0 Å². The van der Waals surface area contributed by atoms with Gasteiger partial charge in [0.25, 0.3) is 0 Å². The smallest absolute Gasteiger partial charge is 0.224 e. The Bertz CT molecular complexity index is 694. The molecule has 128 valence electrons. The minimum Gasteiger partial charge on any atom is -0.347 e. The van der Waals surface area contributed by atoms with Crippen molar-refractivity contribution < 1.29 is 4.79 Å². The number of hydrogen-bond acceptors (Lipinski definition) is 2. The van der Waals surface area contributed by atoms with Crippen LogP contribution in [0, 0.1) is 0 Å². The maximum absolute atomic E-state index is 12.6. The number of carbonyl (C=O) groups excluding carboxylic acids is 1. The first-order valence-corrected chi connectivity index (χ1v) is 9.37. The van der Waals surface area contributed by atoms with Crippen LogP contribution in [0.15, 0.2) is 36.5 Å². The van der Waals surface area contributed by atoms with Crippen molar-refractivity contribution in [3.63, 3.8) is 0 Å². The number of rotatable bonds is 4. The highest BCUT2D eigenvalue weighted by Gasteiger charge is 2.27. The molecular weight excluding hydrogens is 298 g/mol. The molecule has 4 heteroatoms. The predicted octanol–water partition coefficient (Wildman–Crippen LogP) is 3.12. The lowest BCUT2D eigenvalue weighted by Gasteiger charge is -2.38. The summed E-state index contributed by atoms with van der Waals surface area (Å²) in [6, 6.07) is 11.3. The fraction of sp³-hybridized carbons (Fsp3) is 0.550. The highest BCUT2D eigenvalue weighted by molar-refractivity contribution is 5.80. The lowest BCUT2D eigenvalue weighted by atomic mass is 10.1. The Morgan fingerprint density at radius 3 is 2.54 bits per heavy atom. The molecule has 4 rings (SSSR count). The lowest BCUT2D eigenvalue weighted by molar-refractivity contribution is -0.133. The fourth-order valence-electron chi connectivity index (χ4n) is 4.32. The van der Waals surface area contributed by atoms with E-state index >= 15 is 0 Å². The molecule has 0 atom stereocenters. The normalized spacial score (nSPS) is 20.1. The van der Waals surface area contributed by atoms with E-state index < -0.39 is 0 Å².